The van der Waals surface area contributed by atoms with E-state index in [-0.39, 0.29) is 6.04 Å². The van der Waals surface area contributed by atoms with Crippen LogP contribution in [0.5, 0.6) is 0 Å². The van der Waals surface area contributed by atoms with Crippen molar-refractivity contribution in [3.63, 3.8) is 0 Å². The summed E-state index contributed by atoms with van der Waals surface area (Å²) >= 11 is 1.75. The lowest BCUT2D eigenvalue weighted by atomic mass is 9.95. The molecule has 1 saturated heterocycles. The van der Waals surface area contributed by atoms with E-state index in [0.29, 0.717) is 12.1 Å². The maximum atomic E-state index is 6.35. The summed E-state index contributed by atoms with van der Waals surface area (Å²) in [6.45, 7) is 3.93. The van der Waals surface area contributed by atoms with Crippen LogP contribution in [0.25, 0.3) is 0 Å². The number of hydrogen-bond acceptors (Lipinski definition) is 4. The highest BCUT2D eigenvalue weighted by atomic mass is 32.1. The highest BCUT2D eigenvalue weighted by Crippen LogP contribution is 2.29. The first-order valence-electron chi connectivity index (χ1n) is 6.81. The van der Waals surface area contributed by atoms with E-state index in [1.54, 1.807) is 11.3 Å². The van der Waals surface area contributed by atoms with E-state index >= 15 is 0 Å². The molecule has 2 unspecified atom stereocenters. The molecule has 0 amide bonds. The van der Waals surface area contributed by atoms with Crippen LogP contribution in [0.2, 0.25) is 0 Å². The minimum Gasteiger partial charge on any atom is -0.381 e. The van der Waals surface area contributed by atoms with Gasteiger partial charge in [0.2, 0.25) is 0 Å². The summed E-state index contributed by atoms with van der Waals surface area (Å²) in [5.41, 5.74) is 7.71. The van der Waals surface area contributed by atoms with Crippen LogP contribution in [0.4, 0.5) is 0 Å². The van der Waals surface area contributed by atoms with Crippen molar-refractivity contribution in [2.45, 2.75) is 44.3 Å². The van der Waals surface area contributed by atoms with E-state index in [1.165, 1.54) is 5.56 Å². The van der Waals surface area contributed by atoms with E-state index in [2.05, 4.69) is 35.7 Å². The van der Waals surface area contributed by atoms with Crippen molar-refractivity contribution in [3.8, 4) is 0 Å². The molecule has 4 heteroatoms. The first-order valence-corrected chi connectivity index (χ1v) is 7.75. The van der Waals surface area contributed by atoms with Crippen molar-refractivity contribution in [1.82, 2.24) is 4.90 Å². The standard InChI is InChI=1S/C14H24N2OS/c1-3-13(15)14(11-6-9-18-10-11)16(2)12-4-7-17-8-5-12/h6,9-10,12-14H,3-5,7-8,15H2,1-2H3. The number of thiophene rings is 1. The summed E-state index contributed by atoms with van der Waals surface area (Å²) < 4.78 is 5.45. The van der Waals surface area contributed by atoms with Gasteiger partial charge in [-0.15, -0.1) is 0 Å². The SMILES string of the molecule is CCC(N)C(c1ccsc1)N(C)C1CCOCC1. The van der Waals surface area contributed by atoms with Crippen molar-refractivity contribution < 1.29 is 4.74 Å². The second-order valence-corrected chi connectivity index (χ2v) is 5.86. The zero-order valence-electron chi connectivity index (χ0n) is 11.3. The van der Waals surface area contributed by atoms with E-state index in [1.807, 2.05) is 0 Å². The Kier molecular flexibility index (Phi) is 5.18. The van der Waals surface area contributed by atoms with Gasteiger partial charge in [-0.05, 0) is 48.7 Å². The molecule has 0 radical (unpaired) electrons. The fraction of sp³-hybridized carbons (Fsp3) is 0.714. The Labute approximate surface area is 114 Å². The van der Waals surface area contributed by atoms with E-state index in [0.717, 1.165) is 32.5 Å². The number of rotatable bonds is 5. The third-order valence-corrected chi connectivity index (χ3v) is 4.67. The monoisotopic (exact) mass is 268 g/mol. The second-order valence-electron chi connectivity index (χ2n) is 5.08. The first kappa shape index (κ1) is 14.0. The molecule has 1 aliphatic heterocycles. The summed E-state index contributed by atoms with van der Waals surface area (Å²) in [6, 6.07) is 3.35. The Morgan fingerprint density at radius 3 is 2.78 bits per heavy atom. The van der Waals surface area contributed by atoms with Crippen molar-refractivity contribution in [1.29, 1.82) is 0 Å². The first-order chi connectivity index (χ1) is 8.74. The van der Waals surface area contributed by atoms with Crippen LogP contribution >= 0.6 is 11.3 Å². The van der Waals surface area contributed by atoms with Gasteiger partial charge in [0.25, 0.3) is 0 Å². The highest BCUT2D eigenvalue weighted by molar-refractivity contribution is 7.07. The van der Waals surface area contributed by atoms with Crippen LogP contribution in [0.3, 0.4) is 0 Å². The Morgan fingerprint density at radius 2 is 2.22 bits per heavy atom. The normalized spacial score (nSPS) is 21.1. The van der Waals surface area contributed by atoms with Gasteiger partial charge in [0.1, 0.15) is 0 Å². The van der Waals surface area contributed by atoms with Crippen molar-refractivity contribution in [3.05, 3.63) is 22.4 Å². The zero-order valence-corrected chi connectivity index (χ0v) is 12.2. The molecular formula is C14H24N2OS. The van der Waals surface area contributed by atoms with Crippen LogP contribution in [0.1, 0.15) is 37.8 Å². The van der Waals surface area contributed by atoms with Gasteiger partial charge in [-0.2, -0.15) is 11.3 Å². The molecule has 3 nitrogen and oxygen atoms in total. The van der Waals surface area contributed by atoms with Crippen molar-refractivity contribution in [2.24, 2.45) is 5.73 Å². The smallest absolute Gasteiger partial charge is 0.0507 e. The zero-order chi connectivity index (χ0) is 13.0. The lowest BCUT2D eigenvalue weighted by molar-refractivity contribution is 0.0234. The summed E-state index contributed by atoms with van der Waals surface area (Å²) in [6.07, 6.45) is 3.25. The second kappa shape index (κ2) is 6.66. The molecule has 2 rings (SSSR count). The molecule has 0 aromatic carbocycles. The third kappa shape index (κ3) is 3.12. The number of nitrogens with zero attached hydrogens (tertiary/aromatic N) is 1. The van der Waals surface area contributed by atoms with Crippen LogP contribution in [-0.4, -0.2) is 37.2 Å². The molecule has 0 spiro atoms. The van der Waals surface area contributed by atoms with Gasteiger partial charge >= 0.3 is 0 Å². The molecule has 102 valence electrons. The maximum Gasteiger partial charge on any atom is 0.0507 e. The molecule has 18 heavy (non-hydrogen) atoms. The van der Waals surface area contributed by atoms with Gasteiger partial charge in [-0.3, -0.25) is 4.90 Å². The van der Waals surface area contributed by atoms with Crippen LogP contribution < -0.4 is 5.73 Å². The van der Waals surface area contributed by atoms with Crippen LogP contribution in [0.15, 0.2) is 16.8 Å². The van der Waals surface area contributed by atoms with Gasteiger partial charge in [0.05, 0.1) is 6.04 Å². The fourth-order valence-corrected chi connectivity index (χ4v) is 3.46. The molecule has 1 fully saturated rings. The van der Waals surface area contributed by atoms with E-state index in [4.69, 9.17) is 10.5 Å². The van der Waals surface area contributed by atoms with Crippen molar-refractivity contribution >= 4 is 11.3 Å². The van der Waals surface area contributed by atoms with Crippen LogP contribution in [0, 0.1) is 0 Å². The number of hydrogen-bond donors (Lipinski definition) is 1. The van der Waals surface area contributed by atoms with Gasteiger partial charge in [-0.1, -0.05) is 6.92 Å². The molecule has 2 N–H and O–H groups in total. The molecule has 0 bridgehead atoms. The predicted molar refractivity (Wildman–Crippen MR) is 76.9 cm³/mol. The Bertz CT molecular complexity index is 336. The summed E-state index contributed by atoms with van der Waals surface area (Å²) in [5, 5.41) is 4.37. The molecule has 1 aromatic heterocycles. The highest BCUT2D eigenvalue weighted by Gasteiger charge is 2.29. The van der Waals surface area contributed by atoms with Gasteiger partial charge in [0.15, 0.2) is 0 Å². The summed E-state index contributed by atoms with van der Waals surface area (Å²) in [4.78, 5) is 2.47. The van der Waals surface area contributed by atoms with Crippen molar-refractivity contribution in [2.75, 3.05) is 20.3 Å². The van der Waals surface area contributed by atoms with Gasteiger partial charge < -0.3 is 10.5 Å². The number of ether oxygens (including phenoxy) is 1. The fourth-order valence-electron chi connectivity index (χ4n) is 2.77. The summed E-state index contributed by atoms with van der Waals surface area (Å²) in [5.74, 6) is 0. The topological polar surface area (TPSA) is 38.5 Å². The molecule has 0 aliphatic carbocycles. The number of likely N-dealkylation sites (N-methyl/N-ethyl adjacent to an activating group) is 1. The molecule has 1 aromatic rings. The molecule has 1 aliphatic rings. The minimum absolute atomic E-state index is 0.201. The molecular weight excluding hydrogens is 244 g/mol. The number of nitrogens with two attached hydrogens (primary N) is 1. The molecule has 2 heterocycles. The Balaban J connectivity index is 2.12. The Morgan fingerprint density at radius 1 is 1.50 bits per heavy atom. The quantitative estimate of drug-likeness (QED) is 0.892. The van der Waals surface area contributed by atoms with Gasteiger partial charge in [0, 0.05) is 25.3 Å². The maximum absolute atomic E-state index is 6.35. The molecule has 0 saturated carbocycles. The minimum atomic E-state index is 0.201. The predicted octanol–water partition coefficient (Wildman–Crippen LogP) is 2.64. The molecule has 2 atom stereocenters. The van der Waals surface area contributed by atoms with E-state index in [9.17, 15) is 0 Å². The van der Waals surface area contributed by atoms with Crippen LogP contribution in [-0.2, 0) is 4.74 Å². The van der Waals surface area contributed by atoms with Gasteiger partial charge in [-0.25, -0.2) is 0 Å². The average molecular weight is 268 g/mol. The third-order valence-electron chi connectivity index (χ3n) is 3.97. The lowest BCUT2D eigenvalue weighted by Crippen LogP contribution is -2.45. The largest absolute Gasteiger partial charge is 0.381 e. The lowest BCUT2D eigenvalue weighted by Gasteiger charge is -2.39. The average Bonchev–Trinajstić information content (AvgIpc) is 2.93. The summed E-state index contributed by atoms with van der Waals surface area (Å²) in [7, 11) is 2.22. The van der Waals surface area contributed by atoms with E-state index < -0.39 is 0 Å². The Hall–Kier alpha value is -0.420.